The van der Waals surface area contributed by atoms with Crippen molar-refractivity contribution in [2.45, 2.75) is 13.2 Å². The average Bonchev–Trinajstić information content (AvgIpc) is 3.30. The summed E-state index contributed by atoms with van der Waals surface area (Å²) in [6.45, 7) is -0.0590. The predicted molar refractivity (Wildman–Crippen MR) is 101 cm³/mol. The van der Waals surface area contributed by atoms with E-state index in [4.69, 9.17) is 16.0 Å². The standard InChI is InChI=1S/C17H12BrClFN5O/c18-13-2-1-12(3-10(13)7-20)21-8-11-6-15-9(4-14(11)19)5-16(26-15)17-22-24-25-23-17/h1-6,21H,7-8H2,(H,22,23,24,25). The minimum absolute atomic E-state index is 0.450. The Hall–Kier alpha value is -2.45. The maximum atomic E-state index is 13.0. The van der Waals surface area contributed by atoms with E-state index in [9.17, 15) is 4.39 Å². The molecule has 0 aliphatic rings. The van der Waals surface area contributed by atoms with Crippen LogP contribution >= 0.6 is 27.5 Å². The van der Waals surface area contributed by atoms with E-state index in [1.807, 2.05) is 30.3 Å². The molecule has 2 aromatic carbocycles. The van der Waals surface area contributed by atoms with Crippen LogP contribution in [0.15, 0.2) is 45.3 Å². The van der Waals surface area contributed by atoms with Crippen molar-refractivity contribution in [3.05, 3.63) is 57.0 Å². The number of halogens is 3. The summed E-state index contributed by atoms with van der Waals surface area (Å²) in [5.41, 5.74) is 2.94. The minimum Gasteiger partial charge on any atom is -0.453 e. The Morgan fingerprint density at radius 3 is 2.85 bits per heavy atom. The second kappa shape index (κ2) is 7.05. The molecule has 0 aliphatic heterocycles. The Morgan fingerprint density at radius 2 is 2.08 bits per heavy atom. The van der Waals surface area contributed by atoms with Crippen molar-refractivity contribution in [1.82, 2.24) is 20.6 Å². The van der Waals surface area contributed by atoms with Crippen molar-refractivity contribution < 1.29 is 8.81 Å². The lowest BCUT2D eigenvalue weighted by molar-refractivity contribution is 0.484. The van der Waals surface area contributed by atoms with E-state index in [0.29, 0.717) is 34.3 Å². The molecule has 2 N–H and O–H groups in total. The number of fused-ring (bicyclic) bond motifs is 1. The molecule has 26 heavy (non-hydrogen) atoms. The second-order valence-electron chi connectivity index (χ2n) is 5.64. The minimum atomic E-state index is -0.533. The summed E-state index contributed by atoms with van der Waals surface area (Å²) in [6, 6.07) is 11.0. The Balaban J connectivity index is 1.59. The van der Waals surface area contributed by atoms with Gasteiger partial charge in [0.25, 0.3) is 0 Å². The van der Waals surface area contributed by atoms with Gasteiger partial charge in [0.2, 0.25) is 5.82 Å². The van der Waals surface area contributed by atoms with Crippen molar-refractivity contribution in [3.63, 3.8) is 0 Å². The molecule has 4 aromatic rings. The van der Waals surface area contributed by atoms with Crippen LogP contribution in [0, 0.1) is 0 Å². The fraction of sp³-hybridized carbons (Fsp3) is 0.118. The summed E-state index contributed by atoms with van der Waals surface area (Å²) in [6.07, 6.45) is 0. The predicted octanol–water partition coefficient (Wildman–Crippen LogP) is 5.11. The molecular formula is C17H12BrClFN5O. The first-order valence-corrected chi connectivity index (χ1v) is 8.85. The number of anilines is 1. The molecule has 0 saturated carbocycles. The molecule has 0 aliphatic carbocycles. The zero-order valence-electron chi connectivity index (χ0n) is 13.3. The first-order valence-electron chi connectivity index (χ1n) is 7.68. The van der Waals surface area contributed by atoms with Crippen LogP contribution in [0.4, 0.5) is 10.1 Å². The molecule has 0 fully saturated rings. The van der Waals surface area contributed by atoms with Crippen molar-refractivity contribution in [3.8, 4) is 11.6 Å². The molecule has 2 heterocycles. The van der Waals surface area contributed by atoms with Gasteiger partial charge < -0.3 is 9.73 Å². The summed E-state index contributed by atoms with van der Waals surface area (Å²) in [4.78, 5) is 0. The molecule has 4 rings (SSSR count). The van der Waals surface area contributed by atoms with Gasteiger partial charge in [-0.15, -0.1) is 5.10 Å². The van der Waals surface area contributed by atoms with Crippen LogP contribution < -0.4 is 5.32 Å². The summed E-state index contributed by atoms with van der Waals surface area (Å²) in [5, 5.41) is 18.3. The molecule has 0 amide bonds. The van der Waals surface area contributed by atoms with Gasteiger partial charge >= 0.3 is 0 Å². The lowest BCUT2D eigenvalue weighted by Crippen LogP contribution is -2.00. The summed E-state index contributed by atoms with van der Waals surface area (Å²) >= 11 is 9.72. The summed E-state index contributed by atoms with van der Waals surface area (Å²) in [7, 11) is 0. The van der Waals surface area contributed by atoms with Gasteiger partial charge in [0.05, 0.1) is 0 Å². The number of hydrogen-bond acceptors (Lipinski definition) is 5. The fourth-order valence-electron chi connectivity index (χ4n) is 2.60. The van der Waals surface area contributed by atoms with Gasteiger partial charge in [-0.3, -0.25) is 0 Å². The number of aromatic amines is 1. The summed E-state index contributed by atoms with van der Waals surface area (Å²) in [5.74, 6) is 0.984. The highest BCUT2D eigenvalue weighted by molar-refractivity contribution is 9.10. The first kappa shape index (κ1) is 17.0. The van der Waals surface area contributed by atoms with E-state index in [1.54, 1.807) is 6.07 Å². The third kappa shape index (κ3) is 3.30. The van der Waals surface area contributed by atoms with Crippen LogP contribution in [0.25, 0.3) is 22.6 Å². The van der Waals surface area contributed by atoms with Gasteiger partial charge in [0, 0.05) is 27.1 Å². The van der Waals surface area contributed by atoms with E-state index < -0.39 is 6.67 Å². The number of H-pyrrole nitrogens is 1. The number of nitrogens with one attached hydrogen (secondary N) is 2. The van der Waals surface area contributed by atoms with E-state index in [0.717, 1.165) is 21.1 Å². The lowest BCUT2D eigenvalue weighted by atomic mass is 10.1. The molecule has 0 saturated heterocycles. The Morgan fingerprint density at radius 1 is 1.19 bits per heavy atom. The van der Waals surface area contributed by atoms with E-state index >= 15 is 0 Å². The molecule has 2 aromatic heterocycles. The van der Waals surface area contributed by atoms with E-state index in [-0.39, 0.29) is 0 Å². The van der Waals surface area contributed by atoms with Gasteiger partial charge in [-0.25, -0.2) is 9.49 Å². The molecule has 0 atom stereocenters. The molecule has 0 radical (unpaired) electrons. The molecule has 0 bridgehead atoms. The highest BCUT2D eigenvalue weighted by Gasteiger charge is 2.12. The Bertz CT molecular complexity index is 1070. The van der Waals surface area contributed by atoms with Crippen molar-refractivity contribution in [1.29, 1.82) is 0 Å². The third-order valence-corrected chi connectivity index (χ3v) is 5.06. The highest BCUT2D eigenvalue weighted by Crippen LogP contribution is 2.30. The zero-order chi connectivity index (χ0) is 18.1. The van der Waals surface area contributed by atoms with Crippen LogP contribution in [-0.2, 0) is 13.2 Å². The SMILES string of the molecule is FCc1cc(NCc2cc3oc(-c4nnn[nH]4)cc3cc2Cl)ccc1Br. The number of tetrazole rings is 1. The molecule has 0 unspecified atom stereocenters. The Kier molecular flexibility index (Phi) is 4.60. The topological polar surface area (TPSA) is 79.6 Å². The van der Waals surface area contributed by atoms with Gasteiger partial charge in [-0.2, -0.15) is 0 Å². The number of rotatable bonds is 5. The van der Waals surface area contributed by atoms with Gasteiger partial charge in [0.15, 0.2) is 5.76 Å². The molecule has 132 valence electrons. The van der Waals surface area contributed by atoms with Crippen LogP contribution in [0.2, 0.25) is 5.02 Å². The largest absolute Gasteiger partial charge is 0.453 e. The quantitative estimate of drug-likeness (QED) is 0.454. The molecule has 6 nitrogen and oxygen atoms in total. The fourth-order valence-corrected chi connectivity index (χ4v) is 3.19. The zero-order valence-corrected chi connectivity index (χ0v) is 15.6. The number of benzene rings is 2. The smallest absolute Gasteiger partial charge is 0.215 e. The maximum Gasteiger partial charge on any atom is 0.215 e. The summed E-state index contributed by atoms with van der Waals surface area (Å²) < 4.78 is 19.5. The van der Waals surface area contributed by atoms with Gasteiger partial charge in [-0.05, 0) is 58.0 Å². The highest BCUT2D eigenvalue weighted by atomic mass is 79.9. The molecular weight excluding hydrogens is 425 g/mol. The van der Waals surface area contributed by atoms with Crippen molar-refractivity contribution in [2.75, 3.05) is 5.32 Å². The molecule has 9 heteroatoms. The first-order chi connectivity index (χ1) is 12.6. The number of nitrogens with zero attached hydrogens (tertiary/aromatic N) is 3. The van der Waals surface area contributed by atoms with Crippen molar-refractivity contribution >= 4 is 44.2 Å². The molecule has 0 spiro atoms. The number of aromatic nitrogens is 4. The number of furan rings is 1. The van der Waals surface area contributed by atoms with E-state index in [2.05, 4.69) is 41.9 Å². The van der Waals surface area contributed by atoms with Crippen LogP contribution in [0.3, 0.4) is 0 Å². The van der Waals surface area contributed by atoms with Crippen LogP contribution in [0.1, 0.15) is 11.1 Å². The normalized spacial score (nSPS) is 11.2. The maximum absolute atomic E-state index is 13.0. The van der Waals surface area contributed by atoms with Gasteiger partial charge in [0.1, 0.15) is 12.3 Å². The lowest BCUT2D eigenvalue weighted by Gasteiger charge is -2.10. The van der Waals surface area contributed by atoms with E-state index in [1.165, 1.54) is 0 Å². The number of alkyl halides is 1. The number of hydrogen-bond donors (Lipinski definition) is 2. The average molecular weight is 437 g/mol. The van der Waals surface area contributed by atoms with Crippen LogP contribution in [-0.4, -0.2) is 20.6 Å². The third-order valence-electron chi connectivity index (χ3n) is 3.94. The van der Waals surface area contributed by atoms with Gasteiger partial charge in [-0.1, -0.05) is 27.5 Å². The van der Waals surface area contributed by atoms with Crippen LogP contribution in [0.5, 0.6) is 0 Å². The Labute approximate surface area is 160 Å². The van der Waals surface area contributed by atoms with Crippen molar-refractivity contribution in [2.24, 2.45) is 0 Å². The second-order valence-corrected chi connectivity index (χ2v) is 6.90. The monoisotopic (exact) mass is 435 g/mol.